The average molecular weight is 242 g/mol. The van der Waals surface area contributed by atoms with E-state index in [4.69, 9.17) is 5.26 Å². The predicted octanol–water partition coefficient (Wildman–Crippen LogP) is 3.05. The normalized spacial score (nSPS) is 15.8. The number of aryl methyl sites for hydroxylation is 2. The molecule has 1 fully saturated rings. The van der Waals surface area contributed by atoms with Crippen LogP contribution in [-0.4, -0.2) is 5.91 Å². The number of carbonyl (C=O) groups is 1. The Kier molecular flexibility index (Phi) is 3.38. The van der Waals surface area contributed by atoms with Crippen LogP contribution in [0.5, 0.6) is 0 Å². The number of nitrogens with one attached hydrogen (secondary N) is 1. The van der Waals surface area contributed by atoms with Crippen molar-refractivity contribution < 1.29 is 4.79 Å². The Balaban J connectivity index is 2.28. The van der Waals surface area contributed by atoms with Gasteiger partial charge in [-0.3, -0.25) is 4.79 Å². The van der Waals surface area contributed by atoms with Gasteiger partial charge in [-0.25, -0.2) is 0 Å². The Morgan fingerprint density at radius 2 is 1.89 bits per heavy atom. The fraction of sp³-hybridized carbons (Fsp3) is 0.467. The van der Waals surface area contributed by atoms with Crippen molar-refractivity contribution in [3.05, 3.63) is 29.3 Å². The first-order valence-electron chi connectivity index (χ1n) is 6.50. The van der Waals surface area contributed by atoms with Crippen molar-refractivity contribution in [1.82, 2.24) is 0 Å². The Hall–Kier alpha value is -1.82. The van der Waals surface area contributed by atoms with E-state index in [0.717, 1.165) is 29.7 Å². The van der Waals surface area contributed by atoms with E-state index in [-0.39, 0.29) is 5.91 Å². The van der Waals surface area contributed by atoms with E-state index in [2.05, 4.69) is 25.2 Å². The fourth-order valence-electron chi connectivity index (χ4n) is 2.15. The van der Waals surface area contributed by atoms with Crippen molar-refractivity contribution >= 4 is 11.6 Å². The second-order valence-corrected chi connectivity index (χ2v) is 4.81. The minimum Gasteiger partial charge on any atom is -0.324 e. The van der Waals surface area contributed by atoms with Crippen molar-refractivity contribution in [2.75, 3.05) is 5.32 Å². The van der Waals surface area contributed by atoms with Crippen LogP contribution in [0.25, 0.3) is 0 Å². The Morgan fingerprint density at radius 1 is 1.33 bits per heavy atom. The number of para-hydroxylation sites is 1. The summed E-state index contributed by atoms with van der Waals surface area (Å²) in [6.07, 6.45) is 3.13. The number of anilines is 1. The van der Waals surface area contributed by atoms with Crippen LogP contribution < -0.4 is 5.32 Å². The number of rotatable bonds is 4. The molecule has 1 aromatic carbocycles. The highest BCUT2D eigenvalue weighted by Gasteiger charge is 2.50. The maximum absolute atomic E-state index is 12.1. The monoisotopic (exact) mass is 242 g/mol. The number of benzene rings is 1. The first-order valence-corrected chi connectivity index (χ1v) is 6.50. The lowest BCUT2D eigenvalue weighted by molar-refractivity contribution is -0.119. The van der Waals surface area contributed by atoms with Crippen LogP contribution in [-0.2, 0) is 17.6 Å². The molecule has 0 radical (unpaired) electrons. The molecule has 3 nitrogen and oxygen atoms in total. The first kappa shape index (κ1) is 12.6. The summed E-state index contributed by atoms with van der Waals surface area (Å²) in [6.45, 7) is 4.14. The third-order valence-corrected chi connectivity index (χ3v) is 3.64. The number of amides is 1. The molecular formula is C15H18N2O. The van der Waals surface area contributed by atoms with Gasteiger partial charge in [-0.1, -0.05) is 32.0 Å². The van der Waals surface area contributed by atoms with Gasteiger partial charge in [-0.15, -0.1) is 0 Å². The van der Waals surface area contributed by atoms with Gasteiger partial charge in [0, 0.05) is 5.69 Å². The maximum Gasteiger partial charge on any atom is 0.244 e. The van der Waals surface area contributed by atoms with Gasteiger partial charge < -0.3 is 5.32 Å². The van der Waals surface area contributed by atoms with Crippen LogP contribution in [0.4, 0.5) is 5.69 Å². The SMILES string of the molecule is CCc1cccc(CC)c1NC(=O)C1(C#N)CC1. The van der Waals surface area contributed by atoms with Crippen LogP contribution in [0.1, 0.15) is 37.8 Å². The molecule has 1 saturated carbocycles. The zero-order valence-corrected chi connectivity index (χ0v) is 10.9. The third kappa shape index (κ3) is 2.11. The summed E-state index contributed by atoms with van der Waals surface area (Å²) < 4.78 is 0. The summed E-state index contributed by atoms with van der Waals surface area (Å²) >= 11 is 0. The maximum atomic E-state index is 12.1. The first-order chi connectivity index (χ1) is 8.66. The van der Waals surface area contributed by atoms with Crippen molar-refractivity contribution in [3.8, 4) is 6.07 Å². The van der Waals surface area contributed by atoms with Gasteiger partial charge in [0.15, 0.2) is 0 Å². The van der Waals surface area contributed by atoms with E-state index >= 15 is 0 Å². The third-order valence-electron chi connectivity index (χ3n) is 3.64. The van der Waals surface area contributed by atoms with Gasteiger partial charge in [0.2, 0.25) is 5.91 Å². The summed E-state index contributed by atoms with van der Waals surface area (Å²) in [5, 5.41) is 12.0. The smallest absolute Gasteiger partial charge is 0.244 e. The Bertz CT molecular complexity index is 487. The summed E-state index contributed by atoms with van der Waals surface area (Å²) in [5.41, 5.74) is 2.42. The van der Waals surface area contributed by atoms with Crippen LogP contribution >= 0.6 is 0 Å². The standard InChI is InChI=1S/C15H18N2O/c1-3-11-6-5-7-12(4-2)13(11)17-14(18)15(10-16)8-9-15/h5-7H,3-4,8-9H2,1-2H3,(H,17,18). The predicted molar refractivity (Wildman–Crippen MR) is 71.1 cm³/mol. The van der Waals surface area contributed by atoms with Crippen molar-refractivity contribution in [2.45, 2.75) is 39.5 Å². The molecule has 0 saturated heterocycles. The molecule has 0 aliphatic heterocycles. The molecular weight excluding hydrogens is 224 g/mol. The highest BCUT2D eigenvalue weighted by atomic mass is 16.2. The molecule has 0 aromatic heterocycles. The zero-order chi connectivity index (χ0) is 13.2. The average Bonchev–Trinajstić information content (AvgIpc) is 3.20. The molecule has 0 atom stereocenters. The van der Waals surface area contributed by atoms with Crippen molar-refractivity contribution in [3.63, 3.8) is 0 Å². The molecule has 0 bridgehead atoms. The van der Waals surface area contributed by atoms with Crippen LogP contribution in [0, 0.1) is 16.7 Å². The molecule has 0 unspecified atom stereocenters. The van der Waals surface area contributed by atoms with Crippen molar-refractivity contribution in [2.24, 2.45) is 5.41 Å². The number of hydrogen-bond acceptors (Lipinski definition) is 2. The van der Waals surface area contributed by atoms with E-state index in [9.17, 15) is 4.79 Å². The number of nitrogens with zero attached hydrogens (tertiary/aromatic N) is 1. The second kappa shape index (κ2) is 4.81. The Morgan fingerprint density at radius 3 is 2.28 bits per heavy atom. The van der Waals surface area contributed by atoms with Crippen LogP contribution in [0.3, 0.4) is 0 Å². The summed E-state index contributed by atoms with van der Waals surface area (Å²) in [4.78, 5) is 12.1. The second-order valence-electron chi connectivity index (χ2n) is 4.81. The van der Waals surface area contributed by atoms with Crippen LogP contribution in [0.2, 0.25) is 0 Å². The molecule has 1 aliphatic rings. The summed E-state index contributed by atoms with van der Waals surface area (Å²) in [7, 11) is 0. The fourth-order valence-corrected chi connectivity index (χ4v) is 2.15. The number of nitriles is 1. The lowest BCUT2D eigenvalue weighted by Gasteiger charge is -2.15. The van der Waals surface area contributed by atoms with Gasteiger partial charge in [0.1, 0.15) is 5.41 Å². The minimum absolute atomic E-state index is 0.138. The highest BCUT2D eigenvalue weighted by Crippen LogP contribution is 2.46. The number of carbonyl (C=O) groups excluding carboxylic acids is 1. The largest absolute Gasteiger partial charge is 0.324 e. The zero-order valence-electron chi connectivity index (χ0n) is 10.9. The van der Waals surface area contributed by atoms with Crippen LogP contribution in [0.15, 0.2) is 18.2 Å². The van der Waals surface area contributed by atoms with E-state index < -0.39 is 5.41 Å². The Labute approximate surface area is 108 Å². The van der Waals surface area contributed by atoms with E-state index in [1.54, 1.807) is 0 Å². The molecule has 1 aliphatic carbocycles. The molecule has 1 amide bonds. The van der Waals surface area contributed by atoms with Gasteiger partial charge in [0.25, 0.3) is 0 Å². The van der Waals surface area contributed by atoms with Gasteiger partial charge in [-0.2, -0.15) is 5.26 Å². The molecule has 1 N–H and O–H groups in total. The molecule has 1 aromatic rings. The molecule has 94 valence electrons. The lowest BCUT2D eigenvalue weighted by atomic mass is 10.0. The summed E-state index contributed by atoms with van der Waals surface area (Å²) in [5.74, 6) is -0.138. The quantitative estimate of drug-likeness (QED) is 0.882. The number of hydrogen-bond donors (Lipinski definition) is 1. The molecule has 3 heteroatoms. The topological polar surface area (TPSA) is 52.9 Å². The summed E-state index contributed by atoms with van der Waals surface area (Å²) in [6, 6.07) is 8.21. The molecule has 2 rings (SSSR count). The van der Waals surface area contributed by atoms with Crippen molar-refractivity contribution in [1.29, 1.82) is 5.26 Å². The van der Waals surface area contributed by atoms with Gasteiger partial charge in [0.05, 0.1) is 6.07 Å². The van der Waals surface area contributed by atoms with E-state index in [1.807, 2.05) is 18.2 Å². The molecule has 18 heavy (non-hydrogen) atoms. The van der Waals surface area contributed by atoms with E-state index in [0.29, 0.717) is 12.8 Å². The molecule has 0 spiro atoms. The lowest BCUT2D eigenvalue weighted by Crippen LogP contribution is -2.24. The van der Waals surface area contributed by atoms with Gasteiger partial charge in [-0.05, 0) is 36.8 Å². The van der Waals surface area contributed by atoms with E-state index in [1.165, 1.54) is 0 Å². The molecule has 0 heterocycles. The van der Waals surface area contributed by atoms with Gasteiger partial charge >= 0.3 is 0 Å². The minimum atomic E-state index is -0.758. The highest BCUT2D eigenvalue weighted by molar-refractivity contribution is 6.00.